The van der Waals surface area contributed by atoms with Crippen molar-refractivity contribution < 1.29 is 4.79 Å². The second-order valence-electron chi connectivity index (χ2n) is 5.65. The topological polar surface area (TPSA) is 59.3 Å². The van der Waals surface area contributed by atoms with E-state index in [0.29, 0.717) is 11.3 Å². The maximum atomic E-state index is 12.5. The van der Waals surface area contributed by atoms with Gasteiger partial charge in [0.15, 0.2) is 5.65 Å². The summed E-state index contributed by atoms with van der Waals surface area (Å²) >= 11 is 0. The van der Waals surface area contributed by atoms with Crippen molar-refractivity contribution in [2.45, 2.75) is 26.7 Å². The molecule has 0 atom stereocenters. The molecule has 5 heteroatoms. The molecule has 22 heavy (non-hydrogen) atoms. The molecule has 112 valence electrons. The second kappa shape index (κ2) is 5.60. The van der Waals surface area contributed by atoms with Crippen molar-refractivity contribution in [2.75, 3.05) is 5.32 Å². The van der Waals surface area contributed by atoms with E-state index in [-0.39, 0.29) is 11.8 Å². The van der Waals surface area contributed by atoms with Gasteiger partial charge in [-0.1, -0.05) is 26.0 Å². The molecule has 0 aliphatic heterocycles. The predicted octanol–water partition coefficient (Wildman–Crippen LogP) is 3.41. The Morgan fingerprint density at radius 3 is 2.77 bits per heavy atom. The number of hydrogen-bond donors (Lipinski definition) is 1. The van der Waals surface area contributed by atoms with E-state index in [2.05, 4.69) is 29.2 Å². The van der Waals surface area contributed by atoms with Crippen LogP contribution in [0, 0.1) is 6.92 Å². The fourth-order valence-electron chi connectivity index (χ4n) is 2.38. The Morgan fingerprint density at radius 1 is 1.23 bits per heavy atom. The third-order valence-electron chi connectivity index (χ3n) is 3.49. The van der Waals surface area contributed by atoms with Gasteiger partial charge in [-0.05, 0) is 36.6 Å². The van der Waals surface area contributed by atoms with E-state index < -0.39 is 0 Å². The number of anilines is 1. The first-order valence-electron chi connectivity index (χ1n) is 7.27. The van der Waals surface area contributed by atoms with Crippen LogP contribution in [0.1, 0.15) is 41.5 Å². The molecule has 2 heterocycles. The average molecular weight is 294 g/mol. The number of benzene rings is 1. The first-order valence-corrected chi connectivity index (χ1v) is 7.27. The first kappa shape index (κ1) is 14.3. The molecule has 3 rings (SSSR count). The molecule has 0 aliphatic carbocycles. The summed E-state index contributed by atoms with van der Waals surface area (Å²) in [6, 6.07) is 11.3. The SMILES string of the molecule is Cc1cccc(NC(=O)c2cc(C(C)C)n3nccc3n2)c1. The lowest BCUT2D eigenvalue weighted by Crippen LogP contribution is -2.16. The maximum absolute atomic E-state index is 12.5. The Balaban J connectivity index is 1.97. The normalized spacial score (nSPS) is 11.1. The van der Waals surface area contributed by atoms with Gasteiger partial charge in [-0.15, -0.1) is 0 Å². The van der Waals surface area contributed by atoms with E-state index >= 15 is 0 Å². The highest BCUT2D eigenvalue weighted by atomic mass is 16.1. The average Bonchev–Trinajstić information content (AvgIpc) is 2.94. The molecule has 3 aromatic rings. The van der Waals surface area contributed by atoms with Gasteiger partial charge in [-0.2, -0.15) is 5.10 Å². The van der Waals surface area contributed by atoms with Crippen molar-refractivity contribution in [1.82, 2.24) is 14.6 Å². The number of nitrogens with one attached hydrogen (secondary N) is 1. The summed E-state index contributed by atoms with van der Waals surface area (Å²) in [6.07, 6.45) is 1.69. The van der Waals surface area contributed by atoms with Crippen LogP contribution < -0.4 is 5.32 Å². The molecule has 0 bridgehead atoms. The number of carbonyl (C=O) groups is 1. The van der Waals surface area contributed by atoms with E-state index in [4.69, 9.17) is 0 Å². The highest BCUT2D eigenvalue weighted by Crippen LogP contribution is 2.18. The van der Waals surface area contributed by atoms with E-state index in [9.17, 15) is 4.79 Å². The van der Waals surface area contributed by atoms with Crippen molar-refractivity contribution in [3.8, 4) is 0 Å². The molecule has 5 nitrogen and oxygen atoms in total. The van der Waals surface area contributed by atoms with Gasteiger partial charge in [-0.3, -0.25) is 4.79 Å². The summed E-state index contributed by atoms with van der Waals surface area (Å²) < 4.78 is 1.77. The van der Waals surface area contributed by atoms with Gasteiger partial charge in [0.1, 0.15) is 5.69 Å². The van der Waals surface area contributed by atoms with E-state index in [1.54, 1.807) is 22.8 Å². The van der Waals surface area contributed by atoms with Crippen LogP contribution in [-0.4, -0.2) is 20.5 Å². The molecular weight excluding hydrogens is 276 g/mol. The van der Waals surface area contributed by atoms with Crippen molar-refractivity contribution in [3.63, 3.8) is 0 Å². The lowest BCUT2D eigenvalue weighted by atomic mass is 10.1. The lowest BCUT2D eigenvalue weighted by Gasteiger charge is -2.11. The van der Waals surface area contributed by atoms with E-state index in [0.717, 1.165) is 16.9 Å². The van der Waals surface area contributed by atoms with Gasteiger partial charge in [-0.25, -0.2) is 9.50 Å². The van der Waals surface area contributed by atoms with Crippen molar-refractivity contribution in [3.05, 3.63) is 59.5 Å². The van der Waals surface area contributed by atoms with Crippen LogP contribution in [-0.2, 0) is 0 Å². The number of amides is 1. The Hall–Kier alpha value is -2.69. The monoisotopic (exact) mass is 294 g/mol. The minimum absolute atomic E-state index is 0.212. The molecule has 0 unspecified atom stereocenters. The summed E-state index contributed by atoms with van der Waals surface area (Å²) in [5.74, 6) is 0.0344. The van der Waals surface area contributed by atoms with Gasteiger partial charge in [0.05, 0.1) is 6.20 Å². The molecule has 1 amide bonds. The third-order valence-corrected chi connectivity index (χ3v) is 3.49. The number of nitrogens with zero attached hydrogens (tertiary/aromatic N) is 3. The number of aryl methyl sites for hydroxylation is 1. The van der Waals surface area contributed by atoms with Crippen LogP contribution in [0.3, 0.4) is 0 Å². The molecule has 0 saturated carbocycles. The van der Waals surface area contributed by atoms with Gasteiger partial charge in [0.25, 0.3) is 5.91 Å². The Morgan fingerprint density at radius 2 is 2.05 bits per heavy atom. The molecule has 0 fully saturated rings. The van der Waals surface area contributed by atoms with E-state index in [1.807, 2.05) is 31.2 Å². The van der Waals surface area contributed by atoms with Crippen molar-refractivity contribution in [2.24, 2.45) is 0 Å². The first-order chi connectivity index (χ1) is 10.5. The number of fused-ring (bicyclic) bond motifs is 1. The maximum Gasteiger partial charge on any atom is 0.274 e. The van der Waals surface area contributed by atoms with Crippen LogP contribution >= 0.6 is 0 Å². The van der Waals surface area contributed by atoms with Gasteiger partial charge < -0.3 is 5.32 Å². The second-order valence-corrected chi connectivity index (χ2v) is 5.65. The molecular formula is C17H18N4O. The van der Waals surface area contributed by atoms with Gasteiger partial charge in [0, 0.05) is 17.4 Å². The van der Waals surface area contributed by atoms with Gasteiger partial charge >= 0.3 is 0 Å². The third kappa shape index (κ3) is 2.70. The van der Waals surface area contributed by atoms with Crippen LogP contribution in [0.4, 0.5) is 5.69 Å². The highest BCUT2D eigenvalue weighted by Gasteiger charge is 2.14. The molecule has 0 spiro atoms. The number of carbonyl (C=O) groups excluding carboxylic acids is 1. The number of rotatable bonds is 3. The van der Waals surface area contributed by atoms with Crippen molar-refractivity contribution in [1.29, 1.82) is 0 Å². The molecule has 2 aromatic heterocycles. The van der Waals surface area contributed by atoms with Crippen LogP contribution in [0.5, 0.6) is 0 Å². The molecule has 0 radical (unpaired) electrons. The molecule has 0 aliphatic rings. The predicted molar refractivity (Wildman–Crippen MR) is 86.2 cm³/mol. The summed E-state index contributed by atoms with van der Waals surface area (Å²) in [6.45, 7) is 6.13. The Labute approximate surface area is 129 Å². The minimum Gasteiger partial charge on any atom is -0.321 e. The smallest absolute Gasteiger partial charge is 0.274 e. The quantitative estimate of drug-likeness (QED) is 0.805. The Bertz CT molecular complexity index is 836. The van der Waals surface area contributed by atoms with Crippen LogP contribution in [0.15, 0.2) is 42.6 Å². The number of aromatic nitrogens is 3. The summed E-state index contributed by atoms with van der Waals surface area (Å²) in [5.41, 5.74) is 3.91. The fraction of sp³-hybridized carbons (Fsp3) is 0.235. The zero-order chi connectivity index (χ0) is 15.7. The van der Waals surface area contributed by atoms with Crippen LogP contribution in [0.25, 0.3) is 5.65 Å². The summed E-state index contributed by atoms with van der Waals surface area (Å²) in [4.78, 5) is 16.8. The minimum atomic E-state index is -0.212. The standard InChI is InChI=1S/C17H18N4O/c1-11(2)15-10-14(20-16-7-8-18-21(15)16)17(22)19-13-6-4-5-12(3)9-13/h4-11H,1-3H3,(H,19,22). The largest absolute Gasteiger partial charge is 0.321 e. The van der Waals surface area contributed by atoms with E-state index in [1.165, 1.54) is 0 Å². The zero-order valence-electron chi connectivity index (χ0n) is 12.9. The molecule has 1 aromatic carbocycles. The number of hydrogen-bond acceptors (Lipinski definition) is 3. The van der Waals surface area contributed by atoms with Crippen molar-refractivity contribution >= 4 is 17.2 Å². The summed E-state index contributed by atoms with van der Waals surface area (Å²) in [7, 11) is 0. The fourth-order valence-corrected chi connectivity index (χ4v) is 2.38. The van der Waals surface area contributed by atoms with Crippen LogP contribution in [0.2, 0.25) is 0 Å². The highest BCUT2D eigenvalue weighted by molar-refractivity contribution is 6.03. The molecule has 0 saturated heterocycles. The Kier molecular flexibility index (Phi) is 3.63. The molecule has 1 N–H and O–H groups in total. The summed E-state index contributed by atoms with van der Waals surface area (Å²) in [5, 5.41) is 7.15. The van der Waals surface area contributed by atoms with Gasteiger partial charge in [0.2, 0.25) is 0 Å². The zero-order valence-corrected chi connectivity index (χ0v) is 12.9. The lowest BCUT2D eigenvalue weighted by molar-refractivity contribution is 0.102.